The summed E-state index contributed by atoms with van der Waals surface area (Å²) in [6, 6.07) is 21.9. The number of thiocarbonyl (C=S) groups is 1. The molecule has 0 spiro atoms. The molecule has 5 heteroatoms. The molecule has 3 aromatic rings. The van der Waals surface area contributed by atoms with Crippen molar-refractivity contribution in [3.63, 3.8) is 0 Å². The number of methoxy groups -OCH3 is 1. The Bertz CT molecular complexity index is 861. The van der Waals surface area contributed by atoms with Gasteiger partial charge in [0.15, 0.2) is 5.11 Å². The van der Waals surface area contributed by atoms with Crippen molar-refractivity contribution in [3.05, 3.63) is 83.8 Å². The van der Waals surface area contributed by atoms with Gasteiger partial charge in [-0.05, 0) is 49.0 Å². The molecule has 0 aliphatic carbocycles. The molecule has 0 fully saturated rings. The van der Waals surface area contributed by atoms with E-state index in [9.17, 15) is 0 Å². The lowest BCUT2D eigenvalue weighted by Gasteiger charge is -2.25. The second-order valence-corrected chi connectivity index (χ2v) is 6.40. The van der Waals surface area contributed by atoms with E-state index in [1.54, 1.807) is 7.11 Å². The maximum absolute atomic E-state index is 5.74. The smallest absolute Gasteiger partial charge is 0.174 e. The Labute approximate surface area is 159 Å². The lowest BCUT2D eigenvalue weighted by Crippen LogP contribution is -2.33. The lowest BCUT2D eigenvalue weighted by molar-refractivity contribution is 0.354. The molecule has 0 aliphatic heterocycles. The quantitative estimate of drug-likeness (QED) is 0.622. The van der Waals surface area contributed by atoms with E-state index in [0.29, 0.717) is 18.2 Å². The zero-order valence-corrected chi connectivity index (χ0v) is 15.8. The highest BCUT2D eigenvalue weighted by molar-refractivity contribution is 7.80. The number of aryl methyl sites for hydroxylation is 1. The van der Waals surface area contributed by atoms with Crippen molar-refractivity contribution in [1.29, 1.82) is 0 Å². The van der Waals surface area contributed by atoms with Crippen LogP contribution in [0.1, 0.15) is 17.1 Å². The van der Waals surface area contributed by atoms with Crippen molar-refractivity contribution < 1.29 is 9.15 Å². The Morgan fingerprint density at radius 3 is 2.54 bits per heavy atom. The minimum atomic E-state index is 0.596. The fourth-order valence-corrected chi connectivity index (χ4v) is 2.91. The van der Waals surface area contributed by atoms with Crippen LogP contribution in [0.25, 0.3) is 0 Å². The summed E-state index contributed by atoms with van der Waals surface area (Å²) in [7, 11) is 1.65. The van der Waals surface area contributed by atoms with Gasteiger partial charge in [0, 0.05) is 18.3 Å². The van der Waals surface area contributed by atoms with Gasteiger partial charge in [-0.15, -0.1) is 0 Å². The Morgan fingerprint density at radius 1 is 1.04 bits per heavy atom. The molecule has 0 saturated heterocycles. The third-order valence-corrected chi connectivity index (χ3v) is 4.33. The number of nitrogens with zero attached hydrogens (tertiary/aromatic N) is 1. The number of nitrogens with one attached hydrogen (secondary N) is 1. The molecule has 0 amide bonds. The highest BCUT2D eigenvalue weighted by Crippen LogP contribution is 2.19. The Hall–Kier alpha value is -2.79. The van der Waals surface area contributed by atoms with Crippen molar-refractivity contribution in [3.8, 4) is 5.75 Å². The first-order valence-electron chi connectivity index (χ1n) is 8.43. The molecule has 3 rings (SSSR count). The van der Waals surface area contributed by atoms with E-state index in [1.807, 2.05) is 61.5 Å². The topological polar surface area (TPSA) is 37.6 Å². The minimum Gasteiger partial charge on any atom is -0.497 e. The van der Waals surface area contributed by atoms with Gasteiger partial charge in [-0.1, -0.05) is 36.4 Å². The van der Waals surface area contributed by atoms with Crippen molar-refractivity contribution >= 4 is 23.0 Å². The van der Waals surface area contributed by atoms with E-state index in [4.69, 9.17) is 21.4 Å². The molecule has 0 radical (unpaired) electrons. The predicted octanol–water partition coefficient (Wildman–Crippen LogP) is 5.00. The van der Waals surface area contributed by atoms with Crippen LogP contribution in [0.2, 0.25) is 0 Å². The third kappa shape index (κ3) is 4.86. The first-order chi connectivity index (χ1) is 12.6. The maximum atomic E-state index is 5.74. The fraction of sp³-hybridized carbons (Fsp3) is 0.190. The highest BCUT2D eigenvalue weighted by Gasteiger charge is 2.14. The van der Waals surface area contributed by atoms with Crippen LogP contribution in [0, 0.1) is 6.92 Å². The first-order valence-corrected chi connectivity index (χ1v) is 8.84. The number of anilines is 1. The first kappa shape index (κ1) is 18.0. The predicted molar refractivity (Wildman–Crippen MR) is 108 cm³/mol. The molecule has 26 heavy (non-hydrogen) atoms. The summed E-state index contributed by atoms with van der Waals surface area (Å²) in [5.74, 6) is 2.56. The number of hydrogen-bond acceptors (Lipinski definition) is 3. The van der Waals surface area contributed by atoms with Gasteiger partial charge in [0.1, 0.15) is 17.3 Å². The van der Waals surface area contributed by atoms with Gasteiger partial charge in [-0.3, -0.25) is 0 Å². The van der Waals surface area contributed by atoms with Gasteiger partial charge < -0.3 is 19.4 Å². The Kier molecular flexibility index (Phi) is 5.92. The van der Waals surface area contributed by atoms with Crippen LogP contribution in [0.15, 0.2) is 71.1 Å². The average molecular weight is 366 g/mol. The molecule has 2 aromatic carbocycles. The van der Waals surface area contributed by atoms with Crippen LogP contribution in [0.5, 0.6) is 5.75 Å². The van der Waals surface area contributed by atoms with E-state index in [-0.39, 0.29) is 0 Å². The summed E-state index contributed by atoms with van der Waals surface area (Å²) >= 11 is 5.67. The second kappa shape index (κ2) is 8.54. The summed E-state index contributed by atoms with van der Waals surface area (Å²) in [6.45, 7) is 3.23. The second-order valence-electron chi connectivity index (χ2n) is 6.02. The van der Waals surface area contributed by atoms with Crippen LogP contribution < -0.4 is 10.1 Å². The summed E-state index contributed by atoms with van der Waals surface area (Å²) in [6.07, 6.45) is 0. The molecular formula is C21H22N2O2S. The summed E-state index contributed by atoms with van der Waals surface area (Å²) in [4.78, 5) is 2.09. The number of hydrogen-bond donors (Lipinski definition) is 1. The number of ether oxygens (including phenoxy) is 1. The van der Waals surface area contributed by atoms with Gasteiger partial charge >= 0.3 is 0 Å². The zero-order chi connectivity index (χ0) is 18.4. The van der Waals surface area contributed by atoms with E-state index in [2.05, 4.69) is 22.3 Å². The molecule has 0 unspecified atom stereocenters. The fourth-order valence-electron chi connectivity index (χ4n) is 2.66. The lowest BCUT2D eigenvalue weighted by atomic mass is 10.2. The molecule has 1 aromatic heterocycles. The molecule has 0 saturated carbocycles. The number of benzene rings is 2. The van der Waals surface area contributed by atoms with Crippen molar-refractivity contribution in [2.24, 2.45) is 0 Å². The van der Waals surface area contributed by atoms with Crippen LogP contribution >= 0.6 is 12.2 Å². The highest BCUT2D eigenvalue weighted by atomic mass is 32.1. The van der Waals surface area contributed by atoms with Crippen molar-refractivity contribution in [2.75, 3.05) is 12.4 Å². The molecule has 0 atom stereocenters. The van der Waals surface area contributed by atoms with E-state index >= 15 is 0 Å². The van der Waals surface area contributed by atoms with E-state index < -0.39 is 0 Å². The monoisotopic (exact) mass is 366 g/mol. The van der Waals surface area contributed by atoms with Gasteiger partial charge in [0.25, 0.3) is 0 Å². The zero-order valence-electron chi connectivity index (χ0n) is 14.9. The standard InChI is InChI=1S/C21H22N2O2S/c1-16-11-12-20(25-16)15-23(14-17-7-4-3-5-8-17)21(26)22-18-9-6-10-19(13-18)24-2/h3-13H,14-15H2,1-2H3,(H,22,26). The summed E-state index contributed by atoms with van der Waals surface area (Å²) in [5.41, 5.74) is 2.08. The van der Waals surface area contributed by atoms with E-state index in [0.717, 1.165) is 23.0 Å². The van der Waals surface area contributed by atoms with E-state index in [1.165, 1.54) is 5.56 Å². The average Bonchev–Trinajstić information content (AvgIpc) is 3.07. The normalized spacial score (nSPS) is 10.4. The summed E-state index contributed by atoms with van der Waals surface area (Å²) in [5, 5.41) is 3.94. The Morgan fingerprint density at radius 2 is 1.85 bits per heavy atom. The molecule has 134 valence electrons. The maximum Gasteiger partial charge on any atom is 0.174 e. The molecule has 0 bridgehead atoms. The number of furan rings is 1. The SMILES string of the molecule is COc1cccc(NC(=S)N(Cc2ccccc2)Cc2ccc(C)o2)c1. The largest absolute Gasteiger partial charge is 0.497 e. The van der Waals surface area contributed by atoms with Crippen LogP contribution in [-0.4, -0.2) is 17.1 Å². The van der Waals surface area contributed by atoms with Gasteiger partial charge in [0.2, 0.25) is 0 Å². The third-order valence-electron chi connectivity index (χ3n) is 3.97. The Balaban J connectivity index is 1.77. The molecule has 0 aliphatic rings. The molecule has 1 heterocycles. The van der Waals surface area contributed by atoms with Gasteiger partial charge in [-0.2, -0.15) is 0 Å². The van der Waals surface area contributed by atoms with Gasteiger partial charge in [0.05, 0.1) is 13.7 Å². The van der Waals surface area contributed by atoms with Gasteiger partial charge in [-0.25, -0.2) is 0 Å². The van der Waals surface area contributed by atoms with Crippen molar-refractivity contribution in [2.45, 2.75) is 20.0 Å². The molecular weight excluding hydrogens is 344 g/mol. The van der Waals surface area contributed by atoms with Crippen LogP contribution in [0.4, 0.5) is 5.69 Å². The van der Waals surface area contributed by atoms with Crippen LogP contribution in [-0.2, 0) is 13.1 Å². The van der Waals surface area contributed by atoms with Crippen LogP contribution in [0.3, 0.4) is 0 Å². The summed E-state index contributed by atoms with van der Waals surface area (Å²) < 4.78 is 11.0. The van der Waals surface area contributed by atoms with Crippen molar-refractivity contribution in [1.82, 2.24) is 4.90 Å². The molecule has 1 N–H and O–H groups in total. The molecule has 4 nitrogen and oxygen atoms in total. The number of rotatable bonds is 6. The minimum absolute atomic E-state index is 0.596.